The number of carbonyl (C=O) groups excluding carboxylic acids is 2. The van der Waals surface area contributed by atoms with Crippen LogP contribution in [0, 0.1) is 0 Å². The molecule has 0 amide bonds. The largest absolute Gasteiger partial charge is 0.472 e. The zero-order valence-corrected chi connectivity index (χ0v) is 36.8. The molecule has 0 saturated heterocycles. The van der Waals surface area contributed by atoms with E-state index in [1.807, 2.05) is 12.2 Å². The number of phosphoric ester groups is 2. The summed E-state index contributed by atoms with van der Waals surface area (Å²) in [6.07, 6.45) is 35.3. The first-order valence-electron chi connectivity index (χ1n) is 21.1. The van der Waals surface area contributed by atoms with Crippen LogP contribution >= 0.6 is 15.6 Å². The Morgan fingerprint density at radius 3 is 1.64 bits per heavy atom. The molecule has 58 heavy (non-hydrogen) atoms. The summed E-state index contributed by atoms with van der Waals surface area (Å²) in [5.74, 6) is -1.24. The van der Waals surface area contributed by atoms with Crippen molar-refractivity contribution in [3.63, 3.8) is 0 Å². The first kappa shape index (κ1) is 55.8. The SMILES string of the molecule is CC/C=C\C/C=C\C/C=C\C/C=C\C=C\C(O)CCCC(=O)OC[C@H](COP(=O)(O)OC[C@@H](O)COP(=O)(O)O)OC(=O)CCCCCCCCCCCCCCC. The number of carbonyl (C=O) groups is 2. The van der Waals surface area contributed by atoms with Crippen molar-refractivity contribution in [2.45, 2.75) is 167 Å². The fourth-order valence-corrected chi connectivity index (χ4v) is 6.47. The molecular weight excluding hydrogens is 790 g/mol. The second-order valence-electron chi connectivity index (χ2n) is 14.1. The zero-order valence-electron chi connectivity index (χ0n) is 35.0. The molecule has 0 heterocycles. The fraction of sp³-hybridized carbons (Fsp3) is 0.714. The Hall–Kier alpha value is -2.22. The molecule has 0 aromatic carbocycles. The van der Waals surface area contributed by atoms with E-state index in [1.165, 1.54) is 51.4 Å². The van der Waals surface area contributed by atoms with Crippen molar-refractivity contribution in [1.29, 1.82) is 0 Å². The molecule has 0 aromatic heterocycles. The average molecular weight is 865 g/mol. The highest BCUT2D eigenvalue weighted by atomic mass is 31.2. The number of phosphoric acid groups is 2. The van der Waals surface area contributed by atoms with Gasteiger partial charge in [-0.05, 0) is 44.9 Å². The summed E-state index contributed by atoms with van der Waals surface area (Å²) in [4.78, 5) is 52.6. The van der Waals surface area contributed by atoms with Crippen LogP contribution < -0.4 is 0 Å². The highest BCUT2D eigenvalue weighted by Gasteiger charge is 2.28. The molecule has 0 aromatic rings. The minimum Gasteiger partial charge on any atom is -0.462 e. The predicted molar refractivity (Wildman–Crippen MR) is 227 cm³/mol. The minimum atomic E-state index is -4.88. The van der Waals surface area contributed by atoms with E-state index in [-0.39, 0.29) is 12.8 Å². The van der Waals surface area contributed by atoms with Gasteiger partial charge in [0, 0.05) is 12.8 Å². The van der Waals surface area contributed by atoms with Crippen LogP contribution in [0.15, 0.2) is 60.8 Å². The Morgan fingerprint density at radius 1 is 0.569 bits per heavy atom. The van der Waals surface area contributed by atoms with Crippen LogP contribution in [0.5, 0.6) is 0 Å². The minimum absolute atomic E-state index is 0.0362. The molecule has 0 spiro atoms. The number of allylic oxidation sites excluding steroid dienone is 9. The number of hydrogen-bond donors (Lipinski definition) is 5. The van der Waals surface area contributed by atoms with Crippen LogP contribution in [0.3, 0.4) is 0 Å². The van der Waals surface area contributed by atoms with Gasteiger partial charge in [0.15, 0.2) is 6.10 Å². The molecule has 0 aliphatic heterocycles. The highest BCUT2D eigenvalue weighted by Crippen LogP contribution is 2.43. The standard InChI is InChI=1S/C42H74O14P2/c1-3-5-7-9-11-13-15-17-19-21-23-25-27-30-38(43)31-29-33-41(45)52-36-40(37-55-58(50,51)54-35-39(44)34-53-57(47,48)49)56-42(46)32-28-26-24-22-20-18-16-14-12-10-8-6-4-2/h5,7,11,13,17,19,23,25,27,30,38-40,43-44H,3-4,6,8-10,12,14-16,18,20-22,24,26,28-29,31-37H2,1-2H3,(H,50,51)(H2,47,48,49)/b7-5-,13-11-,19-17-,25-23-,30-27+/t38?,39-,40+/m0/s1. The van der Waals surface area contributed by atoms with E-state index < -0.39 is 72.3 Å². The van der Waals surface area contributed by atoms with Gasteiger partial charge in [-0.2, -0.15) is 0 Å². The average Bonchev–Trinajstić information content (AvgIpc) is 3.17. The summed E-state index contributed by atoms with van der Waals surface area (Å²) >= 11 is 0. The Balaban J connectivity index is 4.72. The molecule has 0 bridgehead atoms. The van der Waals surface area contributed by atoms with Crippen LogP contribution in [0.2, 0.25) is 0 Å². The molecule has 0 aliphatic carbocycles. The van der Waals surface area contributed by atoms with E-state index in [9.17, 15) is 33.8 Å². The Morgan fingerprint density at radius 2 is 1.07 bits per heavy atom. The van der Waals surface area contributed by atoms with E-state index in [2.05, 4.69) is 59.4 Å². The predicted octanol–water partition coefficient (Wildman–Crippen LogP) is 9.42. The maximum Gasteiger partial charge on any atom is 0.472 e. The van der Waals surface area contributed by atoms with E-state index in [1.54, 1.807) is 12.2 Å². The maximum absolute atomic E-state index is 12.6. The number of rotatable bonds is 39. The number of aliphatic hydroxyl groups is 2. The van der Waals surface area contributed by atoms with Crippen LogP contribution in [-0.2, 0) is 41.8 Å². The van der Waals surface area contributed by atoms with Gasteiger partial charge in [-0.1, -0.05) is 152 Å². The molecule has 336 valence electrons. The van der Waals surface area contributed by atoms with Crippen molar-refractivity contribution in [2.75, 3.05) is 26.4 Å². The first-order chi connectivity index (χ1) is 27.8. The molecule has 0 saturated carbocycles. The van der Waals surface area contributed by atoms with Crippen molar-refractivity contribution in [3.05, 3.63) is 60.8 Å². The molecule has 0 fully saturated rings. The van der Waals surface area contributed by atoms with Gasteiger partial charge in [-0.15, -0.1) is 0 Å². The molecule has 0 rings (SSSR count). The highest BCUT2D eigenvalue weighted by molar-refractivity contribution is 7.47. The third-order valence-electron chi connectivity index (χ3n) is 8.51. The summed E-state index contributed by atoms with van der Waals surface area (Å²) in [6, 6.07) is 0. The number of aliphatic hydroxyl groups excluding tert-OH is 2. The number of unbranched alkanes of at least 4 members (excludes halogenated alkanes) is 12. The Bertz CT molecular complexity index is 1280. The van der Waals surface area contributed by atoms with E-state index >= 15 is 0 Å². The summed E-state index contributed by atoms with van der Waals surface area (Å²) in [5.41, 5.74) is 0. The molecule has 0 aliphatic rings. The lowest BCUT2D eigenvalue weighted by Gasteiger charge is -2.20. The van der Waals surface area contributed by atoms with Gasteiger partial charge >= 0.3 is 27.6 Å². The van der Waals surface area contributed by atoms with Crippen molar-refractivity contribution >= 4 is 27.6 Å². The molecule has 14 nitrogen and oxygen atoms in total. The van der Waals surface area contributed by atoms with Crippen LogP contribution in [-0.4, -0.2) is 81.6 Å². The second-order valence-corrected chi connectivity index (χ2v) is 16.8. The number of esters is 2. The summed E-state index contributed by atoms with van der Waals surface area (Å²) < 4.78 is 47.6. The monoisotopic (exact) mass is 864 g/mol. The summed E-state index contributed by atoms with van der Waals surface area (Å²) in [5, 5.41) is 20.0. The van der Waals surface area contributed by atoms with Crippen molar-refractivity contribution in [3.8, 4) is 0 Å². The zero-order chi connectivity index (χ0) is 43.2. The van der Waals surface area contributed by atoms with Crippen molar-refractivity contribution in [1.82, 2.24) is 0 Å². The topological polar surface area (TPSA) is 216 Å². The first-order valence-corrected chi connectivity index (χ1v) is 24.1. The third kappa shape index (κ3) is 40.6. The van der Waals surface area contributed by atoms with Crippen molar-refractivity contribution < 1.29 is 66.7 Å². The molecule has 4 atom stereocenters. The van der Waals surface area contributed by atoms with Crippen LogP contribution in [0.25, 0.3) is 0 Å². The third-order valence-corrected chi connectivity index (χ3v) is 9.95. The summed E-state index contributed by atoms with van der Waals surface area (Å²) in [7, 11) is -9.73. The van der Waals surface area contributed by atoms with Crippen LogP contribution in [0.1, 0.15) is 149 Å². The van der Waals surface area contributed by atoms with Gasteiger partial charge in [0.2, 0.25) is 0 Å². The lowest BCUT2D eigenvalue weighted by Crippen LogP contribution is -2.30. The van der Waals surface area contributed by atoms with Crippen molar-refractivity contribution in [2.24, 2.45) is 0 Å². The molecule has 5 N–H and O–H groups in total. The maximum atomic E-state index is 12.6. The van der Waals surface area contributed by atoms with Gasteiger partial charge in [-0.3, -0.25) is 23.2 Å². The lowest BCUT2D eigenvalue weighted by atomic mass is 10.0. The van der Waals surface area contributed by atoms with Gasteiger partial charge in [0.05, 0.1) is 25.9 Å². The normalized spacial score (nSPS) is 15.2. The van der Waals surface area contributed by atoms with Gasteiger partial charge < -0.3 is 34.4 Å². The number of ether oxygens (including phenoxy) is 2. The van der Waals surface area contributed by atoms with E-state index in [4.69, 9.17) is 23.8 Å². The van der Waals surface area contributed by atoms with Gasteiger partial charge in [0.1, 0.15) is 12.7 Å². The smallest absolute Gasteiger partial charge is 0.462 e. The molecule has 16 heteroatoms. The Labute approximate surface area is 347 Å². The fourth-order valence-electron chi connectivity index (χ4n) is 5.32. The Kier molecular flexibility index (Phi) is 36.3. The summed E-state index contributed by atoms with van der Waals surface area (Å²) in [6.45, 7) is 1.41. The molecule has 2 unspecified atom stereocenters. The lowest BCUT2D eigenvalue weighted by molar-refractivity contribution is -0.161. The van der Waals surface area contributed by atoms with Gasteiger partial charge in [0.25, 0.3) is 0 Å². The molecular formula is C42H74O14P2. The van der Waals surface area contributed by atoms with E-state index in [0.717, 1.165) is 51.4 Å². The molecule has 0 radical (unpaired) electrons. The van der Waals surface area contributed by atoms with Gasteiger partial charge in [-0.25, -0.2) is 9.13 Å². The second kappa shape index (κ2) is 37.8. The quantitative estimate of drug-likeness (QED) is 0.0128. The number of hydrogen-bond acceptors (Lipinski definition) is 11. The van der Waals surface area contributed by atoms with Crippen LogP contribution in [0.4, 0.5) is 0 Å². The van der Waals surface area contributed by atoms with E-state index in [0.29, 0.717) is 19.3 Å².